The Morgan fingerprint density at radius 3 is 2.87 bits per heavy atom. The number of fused-ring (bicyclic) bond motifs is 1. The fourth-order valence-electron chi connectivity index (χ4n) is 2.46. The first-order valence-electron chi connectivity index (χ1n) is 5.88. The molecule has 3 nitrogen and oxygen atoms in total. The molecule has 1 heterocycles. The van der Waals surface area contributed by atoms with E-state index in [0.29, 0.717) is 5.92 Å². The van der Waals surface area contributed by atoms with Crippen LogP contribution in [0.2, 0.25) is 0 Å². The van der Waals surface area contributed by atoms with E-state index in [2.05, 4.69) is 5.32 Å². The van der Waals surface area contributed by atoms with Gasteiger partial charge in [-0.3, -0.25) is 4.79 Å². The van der Waals surface area contributed by atoms with Crippen LogP contribution >= 0.6 is 0 Å². The molecule has 0 radical (unpaired) electrons. The van der Waals surface area contributed by atoms with Gasteiger partial charge in [0.25, 0.3) is 0 Å². The summed E-state index contributed by atoms with van der Waals surface area (Å²) in [6.07, 6.45) is 3.39. The molecule has 0 aromatic rings. The van der Waals surface area contributed by atoms with Crippen LogP contribution in [0.4, 0.5) is 0 Å². The van der Waals surface area contributed by atoms with E-state index in [0.717, 1.165) is 19.5 Å². The molecular weight excluding hydrogens is 190 g/mol. The van der Waals surface area contributed by atoms with Gasteiger partial charge >= 0.3 is 5.97 Å². The highest BCUT2D eigenvalue weighted by atomic mass is 16.6. The summed E-state index contributed by atoms with van der Waals surface area (Å²) in [5.74, 6) is 0.580. The average Bonchev–Trinajstić information content (AvgIpc) is 2.72. The predicted octanol–water partition coefficient (Wildman–Crippen LogP) is 1.72. The molecule has 1 saturated carbocycles. The van der Waals surface area contributed by atoms with E-state index in [4.69, 9.17) is 4.74 Å². The van der Waals surface area contributed by atoms with Gasteiger partial charge in [-0.25, -0.2) is 0 Å². The van der Waals surface area contributed by atoms with Gasteiger partial charge in [-0.1, -0.05) is 0 Å². The Hall–Kier alpha value is -0.570. The summed E-state index contributed by atoms with van der Waals surface area (Å²) in [6, 6.07) is 0. The SMILES string of the molecule is CC(C)(C)OC(=O)C12CNCCCC1C2. The second-order valence-corrected chi connectivity index (χ2v) is 5.88. The van der Waals surface area contributed by atoms with Crippen LogP contribution < -0.4 is 5.32 Å². The van der Waals surface area contributed by atoms with Gasteiger partial charge in [-0.05, 0) is 52.5 Å². The first-order chi connectivity index (χ1) is 6.94. The van der Waals surface area contributed by atoms with Gasteiger partial charge in [0.1, 0.15) is 5.60 Å². The molecule has 2 rings (SSSR count). The van der Waals surface area contributed by atoms with Crippen molar-refractivity contribution in [3.05, 3.63) is 0 Å². The number of hydrogen-bond donors (Lipinski definition) is 1. The van der Waals surface area contributed by atoms with E-state index >= 15 is 0 Å². The molecule has 2 unspecified atom stereocenters. The molecule has 0 spiro atoms. The minimum atomic E-state index is -0.356. The Morgan fingerprint density at radius 2 is 2.20 bits per heavy atom. The van der Waals surface area contributed by atoms with Crippen molar-refractivity contribution in [3.63, 3.8) is 0 Å². The first-order valence-corrected chi connectivity index (χ1v) is 5.88. The lowest BCUT2D eigenvalue weighted by Gasteiger charge is -2.24. The Kier molecular flexibility index (Phi) is 2.53. The van der Waals surface area contributed by atoms with Gasteiger partial charge in [0.15, 0.2) is 0 Å². The van der Waals surface area contributed by atoms with Crippen LogP contribution in [0.5, 0.6) is 0 Å². The largest absolute Gasteiger partial charge is 0.459 e. The van der Waals surface area contributed by atoms with Crippen molar-refractivity contribution in [3.8, 4) is 0 Å². The highest BCUT2D eigenvalue weighted by molar-refractivity contribution is 5.81. The third kappa shape index (κ3) is 2.17. The summed E-state index contributed by atoms with van der Waals surface area (Å²) in [7, 11) is 0. The molecule has 1 aliphatic carbocycles. The monoisotopic (exact) mass is 211 g/mol. The highest BCUT2D eigenvalue weighted by Crippen LogP contribution is 2.56. The molecule has 0 amide bonds. The van der Waals surface area contributed by atoms with Crippen molar-refractivity contribution in [2.24, 2.45) is 11.3 Å². The van der Waals surface area contributed by atoms with Crippen LogP contribution in [0.3, 0.4) is 0 Å². The van der Waals surface area contributed by atoms with Gasteiger partial charge in [-0.2, -0.15) is 0 Å². The maximum Gasteiger partial charge on any atom is 0.314 e. The summed E-state index contributed by atoms with van der Waals surface area (Å²) in [6.45, 7) is 7.66. The zero-order valence-corrected chi connectivity index (χ0v) is 9.93. The van der Waals surface area contributed by atoms with Gasteiger partial charge in [0.05, 0.1) is 5.41 Å². The summed E-state index contributed by atoms with van der Waals surface area (Å²) in [4.78, 5) is 12.1. The van der Waals surface area contributed by atoms with E-state index < -0.39 is 0 Å². The Bertz CT molecular complexity index is 269. The van der Waals surface area contributed by atoms with E-state index in [1.165, 1.54) is 12.8 Å². The molecule has 0 aromatic heterocycles. The number of hydrogen-bond acceptors (Lipinski definition) is 3. The minimum absolute atomic E-state index is 0.00870. The molecule has 2 atom stereocenters. The lowest BCUT2D eigenvalue weighted by Crippen LogP contribution is -2.36. The third-order valence-corrected chi connectivity index (χ3v) is 3.38. The number of esters is 1. The predicted molar refractivity (Wildman–Crippen MR) is 58.5 cm³/mol. The lowest BCUT2D eigenvalue weighted by atomic mass is 10.0. The van der Waals surface area contributed by atoms with E-state index in [-0.39, 0.29) is 17.0 Å². The molecule has 1 N–H and O–H groups in total. The molecule has 3 heteroatoms. The highest BCUT2D eigenvalue weighted by Gasteiger charge is 2.61. The van der Waals surface area contributed by atoms with Gasteiger partial charge < -0.3 is 10.1 Å². The van der Waals surface area contributed by atoms with Crippen LogP contribution in [0.15, 0.2) is 0 Å². The normalized spacial score (nSPS) is 35.3. The smallest absolute Gasteiger partial charge is 0.314 e. The van der Waals surface area contributed by atoms with Crippen molar-refractivity contribution in [2.75, 3.05) is 13.1 Å². The van der Waals surface area contributed by atoms with Gasteiger partial charge in [0, 0.05) is 6.54 Å². The van der Waals surface area contributed by atoms with Crippen LogP contribution in [0.1, 0.15) is 40.0 Å². The van der Waals surface area contributed by atoms with E-state index in [9.17, 15) is 4.79 Å². The number of rotatable bonds is 1. The quantitative estimate of drug-likeness (QED) is 0.671. The molecule has 86 valence electrons. The molecule has 15 heavy (non-hydrogen) atoms. The topological polar surface area (TPSA) is 38.3 Å². The molecular formula is C12H21NO2. The maximum atomic E-state index is 12.1. The van der Waals surface area contributed by atoms with Crippen molar-refractivity contribution < 1.29 is 9.53 Å². The van der Waals surface area contributed by atoms with Crippen LogP contribution in [0.25, 0.3) is 0 Å². The van der Waals surface area contributed by atoms with E-state index in [1.54, 1.807) is 0 Å². The third-order valence-electron chi connectivity index (χ3n) is 3.38. The Labute approximate surface area is 91.6 Å². The number of ether oxygens (including phenoxy) is 1. The fourth-order valence-corrected chi connectivity index (χ4v) is 2.46. The summed E-state index contributed by atoms with van der Waals surface area (Å²) < 4.78 is 5.50. The number of carbonyl (C=O) groups is 1. The van der Waals surface area contributed by atoms with Gasteiger partial charge in [0.2, 0.25) is 0 Å². The maximum absolute atomic E-state index is 12.1. The second-order valence-electron chi connectivity index (χ2n) is 5.88. The summed E-state index contributed by atoms with van der Waals surface area (Å²) in [5.41, 5.74) is -0.533. The molecule has 2 fully saturated rings. The Balaban J connectivity index is 2.01. The number of nitrogens with one attached hydrogen (secondary N) is 1. The van der Waals surface area contributed by atoms with Crippen LogP contribution in [-0.4, -0.2) is 24.7 Å². The van der Waals surface area contributed by atoms with Gasteiger partial charge in [-0.15, -0.1) is 0 Å². The average molecular weight is 211 g/mol. The standard InChI is InChI=1S/C12H21NO2/c1-11(2,3)15-10(14)12-7-9(12)5-4-6-13-8-12/h9,13H,4-8H2,1-3H3. The fraction of sp³-hybridized carbons (Fsp3) is 0.917. The van der Waals surface area contributed by atoms with Crippen LogP contribution in [-0.2, 0) is 9.53 Å². The van der Waals surface area contributed by atoms with E-state index in [1.807, 2.05) is 20.8 Å². The van der Waals surface area contributed by atoms with Crippen molar-refractivity contribution in [2.45, 2.75) is 45.6 Å². The first kappa shape index (κ1) is 10.9. The van der Waals surface area contributed by atoms with Crippen molar-refractivity contribution in [1.29, 1.82) is 0 Å². The molecule has 0 aromatic carbocycles. The van der Waals surface area contributed by atoms with Crippen LogP contribution in [0, 0.1) is 11.3 Å². The minimum Gasteiger partial charge on any atom is -0.459 e. The second kappa shape index (κ2) is 3.48. The summed E-state index contributed by atoms with van der Waals surface area (Å²) >= 11 is 0. The molecule has 1 saturated heterocycles. The lowest BCUT2D eigenvalue weighted by molar-refractivity contribution is -0.162. The molecule has 0 bridgehead atoms. The number of carbonyl (C=O) groups excluding carboxylic acids is 1. The molecule has 2 aliphatic rings. The van der Waals surface area contributed by atoms with Crippen molar-refractivity contribution >= 4 is 5.97 Å². The Morgan fingerprint density at radius 1 is 1.47 bits per heavy atom. The zero-order chi connectivity index (χ0) is 11.1. The van der Waals surface area contributed by atoms with Crippen molar-refractivity contribution in [1.82, 2.24) is 5.32 Å². The summed E-state index contributed by atoms with van der Waals surface area (Å²) in [5, 5.41) is 3.35. The zero-order valence-electron chi connectivity index (χ0n) is 9.93. The molecule has 1 aliphatic heterocycles.